The van der Waals surface area contributed by atoms with Gasteiger partial charge in [0.25, 0.3) is 0 Å². The van der Waals surface area contributed by atoms with Crippen molar-refractivity contribution in [3.8, 4) is 0 Å². The summed E-state index contributed by atoms with van der Waals surface area (Å²) in [5.74, 6) is 0.400. The third-order valence-corrected chi connectivity index (χ3v) is 5.77. The molecule has 1 fully saturated rings. The molecule has 0 aliphatic heterocycles. The second kappa shape index (κ2) is 9.76. The Bertz CT molecular complexity index is 1120. The van der Waals surface area contributed by atoms with Crippen LogP contribution in [0.4, 0.5) is 17.5 Å². The van der Waals surface area contributed by atoms with Gasteiger partial charge < -0.3 is 14.8 Å². The van der Waals surface area contributed by atoms with E-state index in [1.165, 1.54) is 5.56 Å². The molecule has 33 heavy (non-hydrogen) atoms. The highest BCUT2D eigenvalue weighted by Crippen LogP contribution is 2.37. The zero-order valence-electron chi connectivity index (χ0n) is 18.5. The van der Waals surface area contributed by atoms with E-state index in [-0.39, 0.29) is 24.2 Å². The second-order valence-electron chi connectivity index (χ2n) is 8.37. The van der Waals surface area contributed by atoms with Gasteiger partial charge in [0.1, 0.15) is 11.6 Å². The van der Waals surface area contributed by atoms with Crippen LogP contribution in [0, 0.1) is 19.8 Å². The quantitative estimate of drug-likeness (QED) is 0.482. The molecule has 3 N–H and O–H groups in total. The lowest BCUT2D eigenvalue weighted by Gasteiger charge is -2.28. The van der Waals surface area contributed by atoms with Crippen molar-refractivity contribution in [3.63, 3.8) is 0 Å². The summed E-state index contributed by atoms with van der Waals surface area (Å²) < 4.78 is 5.41. The standard InChI is InChI=1S/C23H26N6O4/c1-13-11-19(25-14(2)24-13)27-23-29-28-22(33-23)21(32)26-18-9-7-17(8-10-18)16-5-3-15(4-6-16)12-20(30)31/h7-11,15-16H,3-6,12H2,1-2H3,(H,26,32)(H,30,31)(H,24,25,27,29)/t15-,16-. The molecule has 10 nitrogen and oxygen atoms in total. The van der Waals surface area contributed by atoms with E-state index in [4.69, 9.17) is 9.52 Å². The zero-order valence-corrected chi connectivity index (χ0v) is 18.5. The minimum Gasteiger partial charge on any atom is -0.481 e. The number of nitrogens with zero attached hydrogens (tertiary/aromatic N) is 4. The van der Waals surface area contributed by atoms with E-state index in [9.17, 15) is 9.59 Å². The number of nitrogens with one attached hydrogen (secondary N) is 2. The molecule has 0 atom stereocenters. The zero-order chi connectivity index (χ0) is 23.4. The van der Waals surface area contributed by atoms with Gasteiger partial charge in [0.15, 0.2) is 0 Å². The predicted octanol–water partition coefficient (Wildman–Crippen LogP) is 4.22. The molecule has 2 heterocycles. The van der Waals surface area contributed by atoms with Crippen molar-refractivity contribution in [1.29, 1.82) is 0 Å². The maximum absolute atomic E-state index is 12.5. The van der Waals surface area contributed by atoms with Crippen LogP contribution in [0.3, 0.4) is 0 Å². The van der Waals surface area contributed by atoms with Crippen molar-refractivity contribution in [2.24, 2.45) is 5.92 Å². The molecule has 1 saturated carbocycles. The summed E-state index contributed by atoms with van der Waals surface area (Å²) in [5.41, 5.74) is 2.61. The van der Waals surface area contributed by atoms with E-state index in [0.29, 0.717) is 23.2 Å². The number of amides is 1. The number of carbonyl (C=O) groups excluding carboxylic acids is 1. The van der Waals surface area contributed by atoms with Crippen LogP contribution in [0.5, 0.6) is 0 Å². The molecule has 0 bridgehead atoms. The van der Waals surface area contributed by atoms with Crippen molar-refractivity contribution < 1.29 is 19.1 Å². The number of aryl methyl sites for hydroxylation is 2. The lowest BCUT2D eigenvalue weighted by atomic mass is 9.77. The van der Waals surface area contributed by atoms with Crippen LogP contribution >= 0.6 is 0 Å². The van der Waals surface area contributed by atoms with Crippen LogP contribution in [0.15, 0.2) is 34.7 Å². The number of carboxylic acids is 1. The first-order valence-corrected chi connectivity index (χ1v) is 10.9. The highest BCUT2D eigenvalue weighted by molar-refractivity contribution is 6.00. The molecular weight excluding hydrogens is 424 g/mol. The molecule has 10 heteroatoms. The van der Waals surface area contributed by atoms with Gasteiger partial charge in [-0.1, -0.05) is 17.2 Å². The summed E-state index contributed by atoms with van der Waals surface area (Å²) in [6, 6.07) is 9.48. The number of aliphatic carboxylic acids is 1. The summed E-state index contributed by atoms with van der Waals surface area (Å²) in [4.78, 5) is 31.8. The molecule has 0 unspecified atom stereocenters. The Balaban J connectivity index is 1.32. The van der Waals surface area contributed by atoms with Crippen molar-refractivity contribution in [3.05, 3.63) is 53.3 Å². The van der Waals surface area contributed by atoms with Crippen LogP contribution in [0.25, 0.3) is 0 Å². The van der Waals surface area contributed by atoms with Gasteiger partial charge in [-0.05, 0) is 69.1 Å². The van der Waals surface area contributed by atoms with Gasteiger partial charge in [0.2, 0.25) is 0 Å². The second-order valence-corrected chi connectivity index (χ2v) is 8.37. The monoisotopic (exact) mass is 450 g/mol. The summed E-state index contributed by atoms with van der Waals surface area (Å²) in [5, 5.41) is 22.2. The number of aromatic nitrogens is 4. The third-order valence-electron chi connectivity index (χ3n) is 5.77. The van der Waals surface area contributed by atoms with Crippen LogP contribution in [-0.4, -0.2) is 37.1 Å². The normalized spacial score (nSPS) is 18.0. The van der Waals surface area contributed by atoms with Crippen molar-refractivity contribution in [1.82, 2.24) is 20.2 Å². The van der Waals surface area contributed by atoms with Crippen molar-refractivity contribution in [2.45, 2.75) is 51.9 Å². The van der Waals surface area contributed by atoms with Gasteiger partial charge in [0.05, 0.1) is 0 Å². The summed E-state index contributed by atoms with van der Waals surface area (Å²) in [6.45, 7) is 3.63. The van der Waals surface area contributed by atoms with E-state index >= 15 is 0 Å². The molecule has 172 valence electrons. The Labute approximate surface area is 190 Å². The van der Waals surface area contributed by atoms with E-state index in [1.807, 2.05) is 31.2 Å². The molecule has 2 aromatic heterocycles. The molecule has 4 rings (SSSR count). The first-order valence-electron chi connectivity index (χ1n) is 10.9. The van der Waals surface area contributed by atoms with E-state index < -0.39 is 11.9 Å². The molecular formula is C23H26N6O4. The first kappa shape index (κ1) is 22.4. The van der Waals surface area contributed by atoms with Crippen molar-refractivity contribution in [2.75, 3.05) is 10.6 Å². The Morgan fingerprint density at radius 2 is 1.79 bits per heavy atom. The highest BCUT2D eigenvalue weighted by atomic mass is 16.4. The SMILES string of the molecule is Cc1cc(Nc2nnc(C(=O)Nc3ccc([C@H]4CC[C@H](CC(=O)O)CC4)cc3)o2)nc(C)n1. The lowest BCUT2D eigenvalue weighted by Crippen LogP contribution is -2.16. The summed E-state index contributed by atoms with van der Waals surface area (Å²) in [6.07, 6.45) is 4.07. The number of anilines is 3. The summed E-state index contributed by atoms with van der Waals surface area (Å²) in [7, 11) is 0. The minimum absolute atomic E-state index is 0.0616. The van der Waals surface area contributed by atoms with Crippen LogP contribution in [-0.2, 0) is 4.79 Å². The number of carboxylic acid groups (broad SMARTS) is 1. The van der Waals surface area contributed by atoms with Gasteiger partial charge >= 0.3 is 23.8 Å². The smallest absolute Gasteiger partial charge is 0.321 e. The van der Waals surface area contributed by atoms with Crippen LogP contribution in [0.2, 0.25) is 0 Å². The fourth-order valence-corrected chi connectivity index (χ4v) is 4.23. The molecule has 1 aliphatic carbocycles. The highest BCUT2D eigenvalue weighted by Gasteiger charge is 2.24. The largest absolute Gasteiger partial charge is 0.481 e. The Morgan fingerprint density at radius 3 is 2.45 bits per heavy atom. The fraction of sp³-hybridized carbons (Fsp3) is 0.391. The van der Waals surface area contributed by atoms with Gasteiger partial charge in [-0.3, -0.25) is 14.9 Å². The minimum atomic E-state index is -0.720. The third kappa shape index (κ3) is 5.91. The number of hydrogen-bond donors (Lipinski definition) is 3. The Kier molecular flexibility index (Phi) is 6.62. The van der Waals surface area contributed by atoms with Gasteiger partial charge in [0, 0.05) is 23.9 Å². The lowest BCUT2D eigenvalue weighted by molar-refractivity contribution is -0.138. The number of carbonyl (C=O) groups is 2. The molecule has 3 aromatic rings. The van der Waals surface area contributed by atoms with Gasteiger partial charge in [-0.25, -0.2) is 9.97 Å². The van der Waals surface area contributed by atoms with Gasteiger partial charge in [-0.15, -0.1) is 5.10 Å². The molecule has 0 saturated heterocycles. The Hall–Kier alpha value is -3.82. The first-order chi connectivity index (χ1) is 15.9. The van der Waals surface area contributed by atoms with E-state index in [2.05, 4.69) is 30.8 Å². The number of hydrogen-bond acceptors (Lipinski definition) is 8. The average molecular weight is 450 g/mol. The number of benzene rings is 1. The maximum atomic E-state index is 12.5. The van der Waals surface area contributed by atoms with E-state index in [0.717, 1.165) is 31.4 Å². The van der Waals surface area contributed by atoms with E-state index in [1.54, 1.807) is 13.0 Å². The fourth-order valence-electron chi connectivity index (χ4n) is 4.23. The summed E-state index contributed by atoms with van der Waals surface area (Å²) >= 11 is 0. The van der Waals surface area contributed by atoms with Crippen molar-refractivity contribution >= 4 is 29.4 Å². The Morgan fingerprint density at radius 1 is 1.06 bits per heavy atom. The average Bonchev–Trinajstić information content (AvgIpc) is 3.22. The molecule has 1 amide bonds. The predicted molar refractivity (Wildman–Crippen MR) is 120 cm³/mol. The molecule has 1 aromatic carbocycles. The maximum Gasteiger partial charge on any atom is 0.321 e. The topological polar surface area (TPSA) is 143 Å². The molecule has 0 radical (unpaired) electrons. The van der Waals surface area contributed by atoms with Crippen LogP contribution < -0.4 is 10.6 Å². The van der Waals surface area contributed by atoms with Gasteiger partial charge in [-0.2, -0.15) is 0 Å². The molecule has 0 spiro atoms. The van der Waals surface area contributed by atoms with Crippen LogP contribution in [0.1, 0.15) is 65.8 Å². The number of rotatable bonds is 7. The molecule has 1 aliphatic rings.